The molecule has 9 nitrogen and oxygen atoms in total. The second-order valence-corrected chi connectivity index (χ2v) is 9.20. The van der Waals surface area contributed by atoms with Crippen LogP contribution in [0.4, 0.5) is 11.4 Å². The molecule has 2 aromatic carbocycles. The second kappa shape index (κ2) is 10.2. The Labute approximate surface area is 211 Å². The van der Waals surface area contributed by atoms with Crippen molar-refractivity contribution in [3.05, 3.63) is 75.1 Å². The lowest BCUT2D eigenvalue weighted by Gasteiger charge is -2.16. The predicted molar refractivity (Wildman–Crippen MR) is 141 cm³/mol. The minimum absolute atomic E-state index is 0.310. The van der Waals surface area contributed by atoms with Crippen molar-refractivity contribution in [3.63, 3.8) is 0 Å². The summed E-state index contributed by atoms with van der Waals surface area (Å²) in [4.78, 5) is 44.5. The number of hydrogen-bond acceptors (Lipinski definition) is 7. The third kappa shape index (κ3) is 4.67. The lowest BCUT2D eigenvalue weighted by molar-refractivity contribution is -0.118. The van der Waals surface area contributed by atoms with Crippen LogP contribution in [0.15, 0.2) is 53.6 Å². The highest BCUT2D eigenvalue weighted by Gasteiger charge is 2.23. The predicted octanol–water partition coefficient (Wildman–Crippen LogP) is 4.54. The van der Waals surface area contributed by atoms with Gasteiger partial charge in [0, 0.05) is 17.4 Å². The molecule has 0 spiro atoms. The van der Waals surface area contributed by atoms with Crippen molar-refractivity contribution in [2.24, 2.45) is 0 Å². The highest BCUT2D eigenvalue weighted by Crippen LogP contribution is 2.31. The molecule has 4 rings (SSSR count). The Morgan fingerprint density at radius 3 is 2.44 bits per heavy atom. The van der Waals surface area contributed by atoms with E-state index in [2.05, 4.69) is 15.6 Å². The summed E-state index contributed by atoms with van der Waals surface area (Å²) >= 11 is 1.15. The summed E-state index contributed by atoms with van der Waals surface area (Å²) in [5.41, 5.74) is 2.26. The fraction of sp³-hybridized carbons (Fsp3) is 0.231. The third-order valence-corrected chi connectivity index (χ3v) is 7.12. The summed E-state index contributed by atoms with van der Waals surface area (Å²) in [6.45, 7) is 5.23. The van der Waals surface area contributed by atoms with Crippen molar-refractivity contribution in [2.45, 2.75) is 26.8 Å². The molecular formula is C26H26N4O5S. The molecule has 0 aliphatic rings. The maximum Gasteiger partial charge on any atom is 0.266 e. The second-order valence-electron chi connectivity index (χ2n) is 8.20. The fourth-order valence-electron chi connectivity index (χ4n) is 3.81. The van der Waals surface area contributed by atoms with E-state index in [0.717, 1.165) is 16.9 Å². The molecule has 2 heterocycles. The molecular weight excluding hydrogens is 480 g/mol. The van der Waals surface area contributed by atoms with Crippen molar-refractivity contribution < 1.29 is 19.1 Å². The van der Waals surface area contributed by atoms with Gasteiger partial charge in [-0.1, -0.05) is 18.2 Å². The summed E-state index contributed by atoms with van der Waals surface area (Å²) < 4.78 is 11.8. The smallest absolute Gasteiger partial charge is 0.266 e. The van der Waals surface area contributed by atoms with Crippen molar-refractivity contribution >= 4 is 44.7 Å². The number of amides is 2. The third-order valence-electron chi connectivity index (χ3n) is 5.92. The van der Waals surface area contributed by atoms with Gasteiger partial charge in [-0.3, -0.25) is 19.0 Å². The monoisotopic (exact) mass is 506 g/mol. The number of hydrogen-bond donors (Lipinski definition) is 2. The topological polar surface area (TPSA) is 112 Å². The molecule has 10 heteroatoms. The number of benzene rings is 2. The average Bonchev–Trinajstić information content (AvgIpc) is 3.22. The summed E-state index contributed by atoms with van der Waals surface area (Å²) in [6.07, 6.45) is 1.34. The normalized spacial score (nSPS) is 11.7. The van der Waals surface area contributed by atoms with E-state index in [4.69, 9.17) is 9.47 Å². The largest absolute Gasteiger partial charge is 0.493 e. The molecule has 0 saturated carbocycles. The maximum atomic E-state index is 13.4. The average molecular weight is 507 g/mol. The Balaban J connectivity index is 1.61. The van der Waals surface area contributed by atoms with Crippen molar-refractivity contribution in [3.8, 4) is 11.5 Å². The molecule has 4 aromatic rings. The van der Waals surface area contributed by atoms with Crippen LogP contribution in [-0.4, -0.2) is 35.6 Å². The first-order valence-electron chi connectivity index (χ1n) is 11.1. The zero-order valence-electron chi connectivity index (χ0n) is 20.5. The van der Waals surface area contributed by atoms with E-state index >= 15 is 0 Å². The minimum atomic E-state index is -0.856. The van der Waals surface area contributed by atoms with Gasteiger partial charge >= 0.3 is 0 Å². The van der Waals surface area contributed by atoms with E-state index in [1.807, 2.05) is 31.2 Å². The van der Waals surface area contributed by atoms with Crippen LogP contribution in [0, 0.1) is 13.8 Å². The van der Waals surface area contributed by atoms with Crippen molar-refractivity contribution in [1.29, 1.82) is 0 Å². The number of carbonyl (C=O) groups excluding carboxylic acids is 2. The summed E-state index contributed by atoms with van der Waals surface area (Å²) in [7, 11) is 3.03. The molecule has 2 aromatic heterocycles. The van der Waals surface area contributed by atoms with Crippen LogP contribution in [0.25, 0.3) is 10.2 Å². The number of nitrogens with one attached hydrogen (secondary N) is 2. The number of anilines is 2. The maximum absolute atomic E-state index is 13.4. The number of methoxy groups -OCH3 is 2. The number of aryl methyl sites for hydroxylation is 2. The lowest BCUT2D eigenvalue weighted by Crippen LogP contribution is -2.31. The molecule has 0 radical (unpaired) electrons. The van der Waals surface area contributed by atoms with Gasteiger partial charge in [-0.25, -0.2) is 4.98 Å². The molecule has 0 aliphatic heterocycles. The Hall–Kier alpha value is -4.18. The molecule has 0 bridgehead atoms. The number of ether oxygens (including phenoxy) is 2. The first kappa shape index (κ1) is 24.9. The Kier molecular flexibility index (Phi) is 7.07. The Morgan fingerprint density at radius 2 is 1.75 bits per heavy atom. The van der Waals surface area contributed by atoms with E-state index < -0.39 is 17.5 Å². The van der Waals surface area contributed by atoms with Crippen molar-refractivity contribution in [1.82, 2.24) is 9.55 Å². The quantitative estimate of drug-likeness (QED) is 0.381. The molecule has 0 fully saturated rings. The van der Waals surface area contributed by atoms with Gasteiger partial charge in [-0.15, -0.1) is 11.3 Å². The van der Waals surface area contributed by atoms with Gasteiger partial charge in [-0.2, -0.15) is 0 Å². The fourth-order valence-corrected chi connectivity index (χ4v) is 4.84. The van der Waals surface area contributed by atoms with Gasteiger partial charge in [0.15, 0.2) is 11.5 Å². The number of para-hydroxylation sites is 1. The van der Waals surface area contributed by atoms with Crippen LogP contribution < -0.4 is 25.7 Å². The Morgan fingerprint density at radius 1 is 1.03 bits per heavy atom. The van der Waals surface area contributed by atoms with Crippen LogP contribution in [0.1, 0.15) is 33.8 Å². The van der Waals surface area contributed by atoms with Crippen LogP contribution in [0.3, 0.4) is 0 Å². The van der Waals surface area contributed by atoms with Gasteiger partial charge in [-0.05, 0) is 50.1 Å². The number of thiophene rings is 1. The number of aromatic nitrogens is 2. The molecule has 2 N–H and O–H groups in total. The van der Waals surface area contributed by atoms with E-state index in [0.29, 0.717) is 43.5 Å². The summed E-state index contributed by atoms with van der Waals surface area (Å²) in [5, 5.41) is 6.01. The summed E-state index contributed by atoms with van der Waals surface area (Å²) in [5.74, 6) is 0.282. The van der Waals surface area contributed by atoms with Crippen LogP contribution in [0.5, 0.6) is 11.5 Å². The van der Waals surface area contributed by atoms with Crippen LogP contribution in [-0.2, 0) is 4.79 Å². The van der Waals surface area contributed by atoms with E-state index in [-0.39, 0.29) is 5.91 Å². The first-order chi connectivity index (χ1) is 17.2. The van der Waals surface area contributed by atoms with E-state index in [9.17, 15) is 14.4 Å². The van der Waals surface area contributed by atoms with Gasteiger partial charge in [0.2, 0.25) is 5.91 Å². The van der Waals surface area contributed by atoms with Gasteiger partial charge in [0.25, 0.3) is 11.5 Å². The van der Waals surface area contributed by atoms with Gasteiger partial charge in [0.05, 0.1) is 30.8 Å². The zero-order valence-corrected chi connectivity index (χ0v) is 21.4. The van der Waals surface area contributed by atoms with Crippen LogP contribution >= 0.6 is 11.3 Å². The standard InChI is InChI=1S/C26H26N4O5S/c1-14-8-6-7-9-18(14)29-24(32)22-15(2)21-25(36-22)27-13-30(26(21)33)16(3)23(31)28-17-10-11-19(34-4)20(12-17)35-5/h6-13,16H,1-5H3,(H,28,31)(H,29,32). The molecule has 1 atom stereocenters. The van der Waals surface area contributed by atoms with Gasteiger partial charge in [0.1, 0.15) is 10.9 Å². The van der Waals surface area contributed by atoms with Crippen LogP contribution in [0.2, 0.25) is 0 Å². The number of fused-ring (bicyclic) bond motifs is 1. The molecule has 0 aliphatic carbocycles. The van der Waals surface area contributed by atoms with Crippen molar-refractivity contribution in [2.75, 3.05) is 24.9 Å². The van der Waals surface area contributed by atoms with E-state index in [1.54, 1.807) is 32.0 Å². The highest BCUT2D eigenvalue weighted by atomic mass is 32.1. The number of carbonyl (C=O) groups is 2. The highest BCUT2D eigenvalue weighted by molar-refractivity contribution is 7.20. The molecule has 186 valence electrons. The minimum Gasteiger partial charge on any atom is -0.493 e. The first-order valence-corrected chi connectivity index (χ1v) is 12.0. The number of rotatable bonds is 7. The summed E-state index contributed by atoms with van der Waals surface area (Å²) in [6, 6.07) is 11.6. The molecule has 36 heavy (non-hydrogen) atoms. The van der Waals surface area contributed by atoms with E-state index in [1.165, 1.54) is 25.1 Å². The number of nitrogens with zero attached hydrogens (tertiary/aromatic N) is 2. The SMILES string of the molecule is COc1ccc(NC(=O)C(C)n2cnc3sc(C(=O)Nc4ccccc4C)c(C)c3c2=O)cc1OC. The zero-order chi connectivity index (χ0) is 26.0. The molecule has 0 saturated heterocycles. The lowest BCUT2D eigenvalue weighted by atomic mass is 10.1. The molecule has 2 amide bonds. The Bertz CT molecular complexity index is 1520. The molecule has 1 unspecified atom stereocenters. The van der Waals surface area contributed by atoms with Gasteiger partial charge < -0.3 is 20.1 Å².